The minimum absolute atomic E-state index is 0.0758. The van der Waals surface area contributed by atoms with Gasteiger partial charge in [0.05, 0.1) is 29.5 Å². The SMILES string of the molecule is COCC1(O)CCN(C(=O)N2C[C@@H](C)Oc3c(Cl)cccc32)CC1. The number of para-hydroxylation sites is 1. The van der Waals surface area contributed by atoms with E-state index in [4.69, 9.17) is 21.1 Å². The van der Waals surface area contributed by atoms with E-state index in [1.54, 1.807) is 23.0 Å². The highest BCUT2D eigenvalue weighted by Crippen LogP contribution is 2.40. The van der Waals surface area contributed by atoms with Crippen LogP contribution in [0.25, 0.3) is 0 Å². The van der Waals surface area contributed by atoms with E-state index in [1.807, 2.05) is 19.1 Å². The normalized spacial score (nSPS) is 22.8. The molecule has 0 aromatic heterocycles. The molecular weight excluding hydrogens is 332 g/mol. The number of halogens is 1. The van der Waals surface area contributed by atoms with Crippen LogP contribution in [0.2, 0.25) is 5.02 Å². The van der Waals surface area contributed by atoms with Crippen molar-refractivity contribution in [2.75, 3.05) is 38.3 Å². The fourth-order valence-electron chi connectivity index (χ4n) is 3.30. The van der Waals surface area contributed by atoms with Gasteiger partial charge in [0.1, 0.15) is 6.10 Å². The minimum atomic E-state index is -0.842. The molecule has 132 valence electrons. The molecule has 6 nitrogen and oxygen atoms in total. The maximum atomic E-state index is 13.0. The predicted molar refractivity (Wildman–Crippen MR) is 91.9 cm³/mol. The Morgan fingerprint density at radius 2 is 2.17 bits per heavy atom. The average molecular weight is 355 g/mol. The van der Waals surface area contributed by atoms with Crippen LogP contribution in [0.5, 0.6) is 5.75 Å². The summed E-state index contributed by atoms with van der Waals surface area (Å²) in [5.74, 6) is 0.555. The third kappa shape index (κ3) is 3.31. The Kier molecular flexibility index (Phi) is 4.90. The number of carbonyl (C=O) groups is 1. The van der Waals surface area contributed by atoms with Crippen LogP contribution in [-0.4, -0.2) is 61.1 Å². The first kappa shape index (κ1) is 17.3. The highest BCUT2D eigenvalue weighted by Gasteiger charge is 2.37. The number of likely N-dealkylation sites (tertiary alicyclic amines) is 1. The van der Waals surface area contributed by atoms with Gasteiger partial charge in [0.15, 0.2) is 5.75 Å². The number of aliphatic hydroxyl groups is 1. The van der Waals surface area contributed by atoms with Gasteiger partial charge in [0.25, 0.3) is 0 Å². The summed E-state index contributed by atoms with van der Waals surface area (Å²) < 4.78 is 10.9. The molecule has 2 amide bonds. The number of urea groups is 1. The Labute approximate surface area is 146 Å². The summed E-state index contributed by atoms with van der Waals surface area (Å²) in [6.45, 7) is 3.69. The topological polar surface area (TPSA) is 62.2 Å². The van der Waals surface area contributed by atoms with E-state index < -0.39 is 5.60 Å². The number of hydrogen-bond donors (Lipinski definition) is 1. The first-order chi connectivity index (χ1) is 11.4. The van der Waals surface area contributed by atoms with Crippen molar-refractivity contribution in [3.05, 3.63) is 23.2 Å². The zero-order chi connectivity index (χ0) is 17.3. The Bertz CT molecular complexity index is 617. The van der Waals surface area contributed by atoms with Crippen molar-refractivity contribution >= 4 is 23.3 Å². The third-order valence-electron chi connectivity index (χ3n) is 4.60. The van der Waals surface area contributed by atoms with Crippen LogP contribution < -0.4 is 9.64 Å². The van der Waals surface area contributed by atoms with Gasteiger partial charge in [-0.15, -0.1) is 0 Å². The Balaban J connectivity index is 1.76. The Hall–Kier alpha value is -1.50. The molecule has 2 aliphatic heterocycles. The molecule has 0 saturated carbocycles. The fourth-order valence-corrected chi connectivity index (χ4v) is 3.51. The summed E-state index contributed by atoms with van der Waals surface area (Å²) in [5.41, 5.74) is -0.145. The molecule has 1 atom stereocenters. The van der Waals surface area contributed by atoms with Crippen molar-refractivity contribution in [3.8, 4) is 5.75 Å². The molecule has 1 fully saturated rings. The van der Waals surface area contributed by atoms with Crippen molar-refractivity contribution in [1.29, 1.82) is 0 Å². The van der Waals surface area contributed by atoms with Crippen LogP contribution in [0.1, 0.15) is 19.8 Å². The van der Waals surface area contributed by atoms with Gasteiger partial charge in [-0.25, -0.2) is 4.79 Å². The molecular formula is C17H23ClN2O4. The van der Waals surface area contributed by atoms with E-state index in [9.17, 15) is 9.90 Å². The molecule has 24 heavy (non-hydrogen) atoms. The van der Waals surface area contributed by atoms with Crippen LogP contribution in [0.15, 0.2) is 18.2 Å². The van der Waals surface area contributed by atoms with Gasteiger partial charge in [0.2, 0.25) is 0 Å². The monoisotopic (exact) mass is 354 g/mol. The summed E-state index contributed by atoms with van der Waals surface area (Å²) in [7, 11) is 1.57. The first-order valence-electron chi connectivity index (χ1n) is 8.16. The van der Waals surface area contributed by atoms with Crippen LogP contribution in [0, 0.1) is 0 Å². The summed E-state index contributed by atoms with van der Waals surface area (Å²) >= 11 is 6.21. The lowest BCUT2D eigenvalue weighted by molar-refractivity contribution is -0.0645. The van der Waals surface area contributed by atoms with E-state index in [1.165, 1.54) is 0 Å². The zero-order valence-corrected chi connectivity index (χ0v) is 14.8. The maximum absolute atomic E-state index is 13.0. The summed E-state index contributed by atoms with van der Waals surface area (Å²) in [6, 6.07) is 5.34. The lowest BCUT2D eigenvalue weighted by Crippen LogP contribution is -2.54. The maximum Gasteiger partial charge on any atom is 0.324 e. The van der Waals surface area contributed by atoms with Crippen molar-refractivity contribution in [2.45, 2.75) is 31.5 Å². The number of amides is 2. The Morgan fingerprint density at radius 3 is 2.83 bits per heavy atom. The number of piperidine rings is 1. The van der Waals surface area contributed by atoms with E-state index in [0.29, 0.717) is 55.5 Å². The Morgan fingerprint density at radius 1 is 1.46 bits per heavy atom. The van der Waals surface area contributed by atoms with Crippen molar-refractivity contribution < 1.29 is 19.4 Å². The second-order valence-electron chi connectivity index (χ2n) is 6.55. The van der Waals surface area contributed by atoms with E-state index in [-0.39, 0.29) is 12.1 Å². The smallest absolute Gasteiger partial charge is 0.324 e. The largest absolute Gasteiger partial charge is 0.485 e. The molecule has 1 saturated heterocycles. The van der Waals surface area contributed by atoms with E-state index in [0.717, 1.165) is 0 Å². The summed E-state index contributed by atoms with van der Waals surface area (Å²) in [5, 5.41) is 10.9. The molecule has 0 bridgehead atoms. The molecule has 1 aromatic rings. The summed E-state index contributed by atoms with van der Waals surface area (Å²) in [6.07, 6.45) is 0.889. The number of hydrogen-bond acceptors (Lipinski definition) is 4. The molecule has 0 radical (unpaired) electrons. The van der Waals surface area contributed by atoms with Gasteiger partial charge >= 0.3 is 6.03 Å². The molecule has 0 aliphatic carbocycles. The van der Waals surface area contributed by atoms with Crippen molar-refractivity contribution in [2.24, 2.45) is 0 Å². The van der Waals surface area contributed by atoms with E-state index in [2.05, 4.69) is 0 Å². The quantitative estimate of drug-likeness (QED) is 0.886. The summed E-state index contributed by atoms with van der Waals surface area (Å²) in [4.78, 5) is 16.5. The molecule has 0 spiro atoms. The highest BCUT2D eigenvalue weighted by molar-refractivity contribution is 6.32. The van der Waals surface area contributed by atoms with Gasteiger partial charge in [0, 0.05) is 20.2 Å². The minimum Gasteiger partial charge on any atom is -0.485 e. The molecule has 7 heteroatoms. The number of methoxy groups -OCH3 is 1. The number of nitrogens with zero attached hydrogens (tertiary/aromatic N) is 2. The van der Waals surface area contributed by atoms with Crippen LogP contribution in [-0.2, 0) is 4.74 Å². The van der Waals surface area contributed by atoms with Gasteiger partial charge in [-0.2, -0.15) is 0 Å². The molecule has 2 heterocycles. The standard InChI is InChI=1S/C17H23ClN2O4/c1-12-10-20(14-5-3-4-13(18)15(14)24-12)16(21)19-8-6-17(22,7-9-19)11-23-2/h3-5,12,22H,6-11H2,1-2H3/t12-/m1/s1. The number of anilines is 1. The number of ether oxygens (including phenoxy) is 2. The second kappa shape index (κ2) is 6.78. The van der Waals surface area contributed by atoms with E-state index >= 15 is 0 Å². The number of benzene rings is 1. The van der Waals surface area contributed by atoms with Crippen molar-refractivity contribution in [3.63, 3.8) is 0 Å². The average Bonchev–Trinajstić information content (AvgIpc) is 2.55. The molecule has 3 rings (SSSR count). The zero-order valence-electron chi connectivity index (χ0n) is 14.0. The highest BCUT2D eigenvalue weighted by atomic mass is 35.5. The lowest BCUT2D eigenvalue weighted by Gasteiger charge is -2.41. The molecule has 1 aromatic carbocycles. The van der Waals surface area contributed by atoms with Crippen LogP contribution in [0.3, 0.4) is 0 Å². The fraction of sp³-hybridized carbons (Fsp3) is 0.588. The first-order valence-corrected chi connectivity index (χ1v) is 8.54. The van der Waals surface area contributed by atoms with Crippen LogP contribution in [0.4, 0.5) is 10.5 Å². The molecule has 0 unspecified atom stereocenters. The van der Waals surface area contributed by atoms with Gasteiger partial charge in [-0.05, 0) is 31.9 Å². The van der Waals surface area contributed by atoms with Crippen LogP contribution >= 0.6 is 11.6 Å². The van der Waals surface area contributed by atoms with Gasteiger partial charge in [-0.1, -0.05) is 17.7 Å². The number of fused-ring (bicyclic) bond motifs is 1. The molecule has 1 N–H and O–H groups in total. The lowest BCUT2D eigenvalue weighted by atomic mass is 9.92. The van der Waals surface area contributed by atoms with Crippen molar-refractivity contribution in [1.82, 2.24) is 4.90 Å². The predicted octanol–water partition coefficient (Wildman–Crippen LogP) is 2.52. The van der Waals surface area contributed by atoms with Gasteiger partial charge in [-0.3, -0.25) is 4.90 Å². The second-order valence-corrected chi connectivity index (χ2v) is 6.96. The number of rotatable bonds is 2. The number of carbonyl (C=O) groups excluding carboxylic acids is 1. The van der Waals surface area contributed by atoms with Gasteiger partial charge < -0.3 is 19.5 Å². The molecule has 2 aliphatic rings. The third-order valence-corrected chi connectivity index (χ3v) is 4.90.